The van der Waals surface area contributed by atoms with Crippen LogP contribution in [0, 0.1) is 0 Å². The van der Waals surface area contributed by atoms with Gasteiger partial charge in [-0.3, -0.25) is 4.40 Å². The highest BCUT2D eigenvalue weighted by Gasteiger charge is 2.44. The molecule has 1 saturated carbocycles. The molecule has 1 aliphatic rings. The average molecular weight is 239 g/mol. The third kappa shape index (κ3) is 1.28. The molecule has 0 bridgehead atoms. The van der Waals surface area contributed by atoms with Crippen molar-refractivity contribution >= 4 is 17.2 Å². The molecule has 0 saturated heterocycles. The molecule has 0 spiro atoms. The molecule has 84 valence electrons. The van der Waals surface area contributed by atoms with E-state index >= 15 is 0 Å². The normalized spacial score (nSPS) is 17.7. The van der Waals surface area contributed by atoms with Crippen molar-refractivity contribution in [2.24, 2.45) is 5.73 Å². The summed E-state index contributed by atoms with van der Waals surface area (Å²) in [5.41, 5.74) is 7.20. The Hall–Kier alpha value is -1.33. The lowest BCUT2D eigenvalue weighted by Crippen LogP contribution is -2.19. The monoisotopic (exact) mass is 238 g/mol. The largest absolute Gasteiger partial charge is 0.480 e. The molecule has 1 aliphatic carbocycles. The maximum Gasteiger partial charge on any atom is 0.230 e. The van der Waals surface area contributed by atoms with Gasteiger partial charge in [0.25, 0.3) is 0 Å². The van der Waals surface area contributed by atoms with E-state index in [0.29, 0.717) is 16.7 Å². The summed E-state index contributed by atoms with van der Waals surface area (Å²) in [6.45, 7) is 0. The Kier molecular flexibility index (Phi) is 1.90. The molecule has 2 N–H and O–H groups in total. The smallest absolute Gasteiger partial charge is 0.230 e. The standard InChI is InChI=1S/C10H11ClN4O/c1-16-7-5-15-6(4-13-7)14-8(9(15)11)10(12)2-3-10/h4-5H,2-3,12H2,1H3. The molecule has 1 fully saturated rings. The molecular weight excluding hydrogens is 228 g/mol. The highest BCUT2D eigenvalue weighted by molar-refractivity contribution is 6.30. The van der Waals surface area contributed by atoms with Crippen LogP contribution in [-0.2, 0) is 5.54 Å². The summed E-state index contributed by atoms with van der Waals surface area (Å²) >= 11 is 6.25. The van der Waals surface area contributed by atoms with Crippen LogP contribution >= 0.6 is 11.6 Å². The second-order valence-corrected chi connectivity index (χ2v) is 4.42. The van der Waals surface area contributed by atoms with Gasteiger partial charge in [0, 0.05) is 0 Å². The average Bonchev–Trinajstić information content (AvgIpc) is 2.95. The van der Waals surface area contributed by atoms with E-state index < -0.39 is 0 Å². The van der Waals surface area contributed by atoms with Gasteiger partial charge in [-0.2, -0.15) is 0 Å². The lowest BCUT2D eigenvalue weighted by atomic mass is 10.2. The second kappa shape index (κ2) is 3.09. The van der Waals surface area contributed by atoms with Gasteiger partial charge in [0.2, 0.25) is 5.88 Å². The zero-order chi connectivity index (χ0) is 11.3. The van der Waals surface area contributed by atoms with Gasteiger partial charge in [-0.15, -0.1) is 0 Å². The molecule has 0 amide bonds. The van der Waals surface area contributed by atoms with E-state index in [1.54, 1.807) is 23.9 Å². The molecule has 2 heterocycles. The lowest BCUT2D eigenvalue weighted by Gasteiger charge is -2.03. The second-order valence-electron chi connectivity index (χ2n) is 4.07. The molecule has 16 heavy (non-hydrogen) atoms. The van der Waals surface area contributed by atoms with Crippen molar-refractivity contribution in [3.05, 3.63) is 23.2 Å². The van der Waals surface area contributed by atoms with E-state index in [1.165, 1.54) is 0 Å². The summed E-state index contributed by atoms with van der Waals surface area (Å²) in [7, 11) is 1.56. The highest BCUT2D eigenvalue weighted by atomic mass is 35.5. The van der Waals surface area contributed by atoms with Crippen molar-refractivity contribution < 1.29 is 4.74 Å². The first-order chi connectivity index (χ1) is 7.64. The summed E-state index contributed by atoms with van der Waals surface area (Å²) in [5, 5.41) is 0.552. The quantitative estimate of drug-likeness (QED) is 0.858. The summed E-state index contributed by atoms with van der Waals surface area (Å²) < 4.78 is 6.78. The first-order valence-corrected chi connectivity index (χ1v) is 5.39. The summed E-state index contributed by atoms with van der Waals surface area (Å²) in [6.07, 6.45) is 5.20. The number of nitrogens with zero attached hydrogens (tertiary/aromatic N) is 3. The molecule has 5 nitrogen and oxygen atoms in total. The van der Waals surface area contributed by atoms with Crippen LogP contribution < -0.4 is 10.5 Å². The van der Waals surface area contributed by atoms with E-state index in [9.17, 15) is 0 Å². The third-order valence-corrected chi connectivity index (χ3v) is 3.26. The molecule has 6 heteroatoms. The first-order valence-electron chi connectivity index (χ1n) is 5.01. The highest BCUT2D eigenvalue weighted by Crippen LogP contribution is 2.45. The fourth-order valence-electron chi connectivity index (χ4n) is 1.70. The lowest BCUT2D eigenvalue weighted by molar-refractivity contribution is 0.395. The number of imidazole rings is 1. The fourth-order valence-corrected chi connectivity index (χ4v) is 2.07. The predicted molar refractivity (Wildman–Crippen MR) is 59.6 cm³/mol. The summed E-state index contributed by atoms with van der Waals surface area (Å²) in [6, 6.07) is 0. The zero-order valence-electron chi connectivity index (χ0n) is 8.77. The molecule has 0 radical (unpaired) electrons. The molecule has 2 aromatic rings. The van der Waals surface area contributed by atoms with Crippen LogP contribution in [0.1, 0.15) is 18.5 Å². The van der Waals surface area contributed by atoms with Crippen LogP contribution in [0.4, 0.5) is 0 Å². The molecule has 0 unspecified atom stereocenters. The number of methoxy groups -OCH3 is 1. The van der Waals surface area contributed by atoms with Crippen LogP contribution in [0.3, 0.4) is 0 Å². The number of hydrogen-bond acceptors (Lipinski definition) is 4. The van der Waals surface area contributed by atoms with Crippen molar-refractivity contribution in [3.63, 3.8) is 0 Å². The minimum atomic E-state index is -0.337. The molecule has 0 atom stereocenters. The molecular formula is C10H11ClN4O. The predicted octanol–water partition coefficient (Wildman–Crippen LogP) is 1.34. The molecule has 0 aliphatic heterocycles. The summed E-state index contributed by atoms with van der Waals surface area (Å²) in [5.74, 6) is 0.500. The maximum atomic E-state index is 6.25. The number of halogens is 1. The Balaban J connectivity index is 2.23. The summed E-state index contributed by atoms with van der Waals surface area (Å²) in [4.78, 5) is 8.49. The van der Waals surface area contributed by atoms with Crippen LogP contribution in [0.2, 0.25) is 5.15 Å². The number of nitrogens with two attached hydrogens (primary N) is 1. The van der Waals surface area contributed by atoms with Gasteiger partial charge in [-0.1, -0.05) is 11.6 Å². The van der Waals surface area contributed by atoms with Crippen molar-refractivity contribution in [1.82, 2.24) is 14.4 Å². The van der Waals surface area contributed by atoms with Gasteiger partial charge in [0.1, 0.15) is 5.15 Å². The Morgan fingerprint density at radius 1 is 1.56 bits per heavy atom. The van der Waals surface area contributed by atoms with Crippen LogP contribution in [-0.4, -0.2) is 21.5 Å². The Bertz CT molecular complexity index is 561. The topological polar surface area (TPSA) is 65.4 Å². The molecule has 0 aromatic carbocycles. The van der Waals surface area contributed by atoms with Crippen molar-refractivity contribution in [2.45, 2.75) is 18.4 Å². The van der Waals surface area contributed by atoms with E-state index in [0.717, 1.165) is 18.5 Å². The fraction of sp³-hybridized carbons (Fsp3) is 0.400. The van der Waals surface area contributed by atoms with E-state index in [2.05, 4.69) is 9.97 Å². The van der Waals surface area contributed by atoms with Crippen LogP contribution in [0.5, 0.6) is 5.88 Å². The van der Waals surface area contributed by atoms with Gasteiger partial charge in [-0.25, -0.2) is 9.97 Å². The number of ether oxygens (including phenoxy) is 1. The SMILES string of the molecule is COc1cn2c(Cl)c(C3(N)CC3)nc2cn1. The van der Waals surface area contributed by atoms with Gasteiger partial charge < -0.3 is 10.5 Å². The van der Waals surface area contributed by atoms with Gasteiger partial charge in [0.15, 0.2) is 5.65 Å². The van der Waals surface area contributed by atoms with Crippen LogP contribution in [0.15, 0.2) is 12.4 Å². The first kappa shape index (κ1) is 9.86. The minimum absolute atomic E-state index is 0.337. The van der Waals surface area contributed by atoms with Gasteiger partial charge >= 0.3 is 0 Å². The van der Waals surface area contributed by atoms with E-state index in [1.807, 2.05) is 0 Å². The van der Waals surface area contributed by atoms with Crippen molar-refractivity contribution in [3.8, 4) is 5.88 Å². The van der Waals surface area contributed by atoms with Crippen molar-refractivity contribution in [2.75, 3.05) is 7.11 Å². The Labute approximate surface area is 97.2 Å². The number of rotatable bonds is 2. The zero-order valence-corrected chi connectivity index (χ0v) is 9.53. The Morgan fingerprint density at radius 3 is 2.94 bits per heavy atom. The Morgan fingerprint density at radius 2 is 2.31 bits per heavy atom. The molecule has 2 aromatic heterocycles. The number of hydrogen-bond donors (Lipinski definition) is 1. The van der Waals surface area contributed by atoms with Crippen LogP contribution in [0.25, 0.3) is 5.65 Å². The number of aromatic nitrogens is 3. The maximum absolute atomic E-state index is 6.25. The third-order valence-electron chi connectivity index (χ3n) is 2.90. The van der Waals surface area contributed by atoms with Gasteiger partial charge in [-0.05, 0) is 12.8 Å². The number of fused-ring (bicyclic) bond motifs is 1. The minimum Gasteiger partial charge on any atom is -0.480 e. The van der Waals surface area contributed by atoms with Crippen molar-refractivity contribution in [1.29, 1.82) is 0 Å². The van der Waals surface area contributed by atoms with E-state index in [-0.39, 0.29) is 5.54 Å². The van der Waals surface area contributed by atoms with Gasteiger partial charge in [0.05, 0.1) is 30.7 Å². The molecule has 3 rings (SSSR count). The van der Waals surface area contributed by atoms with E-state index in [4.69, 9.17) is 22.1 Å².